The average Bonchev–Trinajstić information content (AvgIpc) is 2.15. The molecule has 0 saturated heterocycles. The zero-order valence-corrected chi connectivity index (χ0v) is 10.2. The highest BCUT2D eigenvalue weighted by molar-refractivity contribution is 5.28. The topological polar surface area (TPSA) is 20.2 Å². The van der Waals surface area contributed by atoms with Crippen LogP contribution < -0.4 is 0 Å². The van der Waals surface area contributed by atoms with Gasteiger partial charge in [-0.3, -0.25) is 0 Å². The molecule has 1 nitrogen and oxygen atoms in total. The highest BCUT2D eigenvalue weighted by Gasteiger charge is 2.41. The van der Waals surface area contributed by atoms with Gasteiger partial charge in [0.15, 0.2) is 6.10 Å². The third-order valence-corrected chi connectivity index (χ3v) is 2.88. The zero-order valence-electron chi connectivity index (χ0n) is 10.2. The van der Waals surface area contributed by atoms with Crippen molar-refractivity contribution in [3.8, 4) is 0 Å². The van der Waals surface area contributed by atoms with E-state index in [1.54, 1.807) is 19.9 Å². The van der Waals surface area contributed by atoms with E-state index >= 15 is 0 Å². The van der Waals surface area contributed by atoms with Crippen LogP contribution in [-0.2, 0) is 5.41 Å². The maximum Gasteiger partial charge on any atom is 0.414 e. The number of halogens is 3. The van der Waals surface area contributed by atoms with Crippen LogP contribution in [0.5, 0.6) is 0 Å². The fraction of sp³-hybridized carbons (Fsp3) is 0.538. The van der Waals surface area contributed by atoms with Crippen LogP contribution in [0.2, 0.25) is 0 Å². The molecule has 4 heteroatoms. The summed E-state index contributed by atoms with van der Waals surface area (Å²) in [5.41, 5.74) is 1.10. The molecule has 96 valence electrons. The van der Waals surface area contributed by atoms with E-state index in [4.69, 9.17) is 5.11 Å². The number of aliphatic hydroxyl groups excluding tert-OH is 1. The fourth-order valence-corrected chi connectivity index (χ4v) is 1.78. The quantitative estimate of drug-likeness (QED) is 0.864. The van der Waals surface area contributed by atoms with Gasteiger partial charge < -0.3 is 5.11 Å². The first-order valence-electron chi connectivity index (χ1n) is 5.45. The van der Waals surface area contributed by atoms with Crippen molar-refractivity contribution in [3.05, 3.63) is 35.4 Å². The van der Waals surface area contributed by atoms with E-state index in [0.717, 1.165) is 11.1 Å². The lowest BCUT2D eigenvalue weighted by molar-refractivity contribution is -0.208. The Morgan fingerprint density at radius 3 is 2.29 bits per heavy atom. The van der Waals surface area contributed by atoms with E-state index < -0.39 is 17.7 Å². The van der Waals surface area contributed by atoms with Crippen molar-refractivity contribution in [2.45, 2.75) is 44.9 Å². The van der Waals surface area contributed by atoms with Crippen molar-refractivity contribution in [2.24, 2.45) is 0 Å². The number of alkyl halides is 3. The van der Waals surface area contributed by atoms with Crippen LogP contribution in [0.25, 0.3) is 0 Å². The molecule has 0 saturated carbocycles. The summed E-state index contributed by atoms with van der Waals surface area (Å²) in [6.45, 7) is 5.30. The maximum atomic E-state index is 12.3. The lowest BCUT2D eigenvalue weighted by atomic mass is 9.79. The molecule has 1 aromatic rings. The van der Waals surface area contributed by atoms with Crippen molar-refractivity contribution in [2.75, 3.05) is 0 Å². The molecule has 0 spiro atoms. The summed E-state index contributed by atoms with van der Waals surface area (Å²) in [4.78, 5) is 0. The number of aliphatic hydroxyl groups is 1. The van der Waals surface area contributed by atoms with Crippen LogP contribution in [0, 0.1) is 6.92 Å². The van der Waals surface area contributed by atoms with E-state index in [1.807, 2.05) is 25.1 Å². The third-order valence-electron chi connectivity index (χ3n) is 2.88. The first kappa shape index (κ1) is 14.0. The molecule has 17 heavy (non-hydrogen) atoms. The number of hydrogen-bond acceptors (Lipinski definition) is 1. The minimum atomic E-state index is -4.55. The lowest BCUT2D eigenvalue weighted by Crippen LogP contribution is -2.35. The van der Waals surface area contributed by atoms with E-state index in [2.05, 4.69) is 0 Å². The second kappa shape index (κ2) is 4.69. The predicted octanol–water partition coefficient (Wildman–Crippen LogP) is 3.59. The van der Waals surface area contributed by atoms with Gasteiger partial charge in [0.2, 0.25) is 0 Å². The SMILES string of the molecule is Cc1cccc(C(C)(C)CC(O)C(F)(F)F)c1. The molecule has 1 unspecified atom stereocenters. The summed E-state index contributed by atoms with van der Waals surface area (Å²) in [5, 5.41) is 9.13. The smallest absolute Gasteiger partial charge is 0.384 e. The highest BCUT2D eigenvalue weighted by Crippen LogP contribution is 2.34. The van der Waals surface area contributed by atoms with Gasteiger partial charge in [-0.05, 0) is 24.3 Å². The molecule has 0 fully saturated rings. The van der Waals surface area contributed by atoms with Crippen molar-refractivity contribution >= 4 is 0 Å². The number of aryl methyl sites for hydroxylation is 1. The summed E-state index contributed by atoms with van der Waals surface area (Å²) >= 11 is 0. The van der Waals surface area contributed by atoms with Crippen molar-refractivity contribution in [1.82, 2.24) is 0 Å². The summed E-state index contributed by atoms with van der Waals surface area (Å²) < 4.78 is 37.0. The van der Waals surface area contributed by atoms with E-state index in [0.29, 0.717) is 0 Å². The number of rotatable bonds is 3. The Bertz CT molecular complexity index is 382. The van der Waals surface area contributed by atoms with Gasteiger partial charge in [0.25, 0.3) is 0 Å². The standard InChI is InChI=1S/C13H17F3O/c1-9-5-4-6-10(7-9)12(2,3)8-11(17)13(14,15)16/h4-7,11,17H,8H2,1-3H3. The molecule has 0 aromatic heterocycles. The Balaban J connectivity index is 2.89. The average molecular weight is 246 g/mol. The Hall–Kier alpha value is -1.03. The van der Waals surface area contributed by atoms with Gasteiger partial charge in [0, 0.05) is 0 Å². The molecule has 0 bridgehead atoms. The number of benzene rings is 1. The van der Waals surface area contributed by atoms with E-state index in [-0.39, 0.29) is 6.42 Å². The van der Waals surface area contributed by atoms with Gasteiger partial charge in [-0.1, -0.05) is 43.7 Å². The third kappa shape index (κ3) is 3.73. The minimum absolute atomic E-state index is 0.333. The zero-order chi connectivity index (χ0) is 13.3. The van der Waals surface area contributed by atoms with Crippen LogP contribution in [0.1, 0.15) is 31.4 Å². The fourth-order valence-electron chi connectivity index (χ4n) is 1.78. The van der Waals surface area contributed by atoms with Crippen LogP contribution >= 0.6 is 0 Å². The van der Waals surface area contributed by atoms with Crippen molar-refractivity contribution < 1.29 is 18.3 Å². The maximum absolute atomic E-state index is 12.3. The van der Waals surface area contributed by atoms with Crippen molar-refractivity contribution in [3.63, 3.8) is 0 Å². The second-order valence-corrected chi connectivity index (χ2v) is 5.01. The first-order valence-corrected chi connectivity index (χ1v) is 5.45. The molecule has 1 N–H and O–H groups in total. The van der Waals surface area contributed by atoms with Gasteiger partial charge in [-0.25, -0.2) is 0 Å². The van der Waals surface area contributed by atoms with Gasteiger partial charge in [-0.2, -0.15) is 13.2 Å². The van der Waals surface area contributed by atoms with Crippen LogP contribution in [0.15, 0.2) is 24.3 Å². The molecular weight excluding hydrogens is 229 g/mol. The van der Waals surface area contributed by atoms with Gasteiger partial charge >= 0.3 is 6.18 Å². The van der Waals surface area contributed by atoms with E-state index in [9.17, 15) is 13.2 Å². The molecule has 1 atom stereocenters. The monoisotopic (exact) mass is 246 g/mol. The molecule has 1 rings (SSSR count). The first-order chi connectivity index (χ1) is 7.63. The van der Waals surface area contributed by atoms with Crippen LogP contribution in [0.4, 0.5) is 13.2 Å². The number of hydrogen-bond donors (Lipinski definition) is 1. The van der Waals surface area contributed by atoms with Gasteiger partial charge in [0.1, 0.15) is 0 Å². The molecule has 0 amide bonds. The minimum Gasteiger partial charge on any atom is -0.384 e. The Morgan fingerprint density at radius 2 is 1.82 bits per heavy atom. The lowest BCUT2D eigenvalue weighted by Gasteiger charge is -2.29. The molecule has 0 aliphatic carbocycles. The van der Waals surface area contributed by atoms with Gasteiger partial charge in [0.05, 0.1) is 0 Å². The Labute approximate surface area is 99.3 Å². The summed E-state index contributed by atoms with van der Waals surface area (Å²) in [7, 11) is 0. The molecule has 0 radical (unpaired) electrons. The van der Waals surface area contributed by atoms with Gasteiger partial charge in [-0.15, -0.1) is 0 Å². The summed E-state index contributed by atoms with van der Waals surface area (Å²) in [5.74, 6) is 0. The normalized spacial score (nSPS) is 14.8. The Kier molecular flexibility index (Phi) is 3.87. The molecule has 1 aromatic carbocycles. The van der Waals surface area contributed by atoms with Crippen LogP contribution in [0.3, 0.4) is 0 Å². The molecule has 0 aliphatic rings. The Morgan fingerprint density at radius 1 is 1.24 bits per heavy atom. The summed E-state index contributed by atoms with van der Waals surface area (Å²) in [6, 6.07) is 7.34. The molecule has 0 aliphatic heterocycles. The van der Waals surface area contributed by atoms with E-state index in [1.165, 1.54) is 0 Å². The van der Waals surface area contributed by atoms with Crippen LogP contribution in [-0.4, -0.2) is 17.4 Å². The molecule has 0 heterocycles. The largest absolute Gasteiger partial charge is 0.414 e. The molecular formula is C13H17F3O. The van der Waals surface area contributed by atoms with Crippen molar-refractivity contribution in [1.29, 1.82) is 0 Å². The highest BCUT2D eigenvalue weighted by atomic mass is 19.4. The summed E-state index contributed by atoms with van der Waals surface area (Å²) in [6.07, 6.45) is -7.17. The predicted molar refractivity (Wildman–Crippen MR) is 60.9 cm³/mol. The second-order valence-electron chi connectivity index (χ2n) is 5.01.